The molecule has 6 heteroatoms. The Morgan fingerprint density at radius 1 is 0.947 bits per heavy atom. The molecule has 0 amide bonds. The maximum absolute atomic E-state index is 10.8. The second-order valence-electron chi connectivity index (χ2n) is 4.84. The maximum atomic E-state index is 10.8. The molecule has 4 nitrogen and oxygen atoms in total. The molecule has 0 aliphatic carbocycles. The molecule has 0 aliphatic heterocycles. The molecule has 112 valence electrons. The van der Waals surface area contributed by atoms with Crippen LogP contribution in [0.2, 0.25) is 0 Å². The van der Waals surface area contributed by atoms with Crippen LogP contribution in [0, 0.1) is 0 Å². The zero-order valence-corrected chi connectivity index (χ0v) is 15.5. The molecule has 19 heavy (non-hydrogen) atoms. The van der Waals surface area contributed by atoms with E-state index in [9.17, 15) is 8.42 Å². The van der Waals surface area contributed by atoms with Crippen molar-refractivity contribution in [3.05, 3.63) is 0 Å². The predicted molar refractivity (Wildman–Crippen MR) is 75.1 cm³/mol. The Kier molecular flexibility index (Phi) is 16.1. The zero-order valence-electron chi connectivity index (χ0n) is 13.7. The molecule has 0 fully saturated rings. The molecule has 0 aromatic heterocycles. The first-order chi connectivity index (χ1) is 8.49. The van der Waals surface area contributed by atoms with E-state index in [1.54, 1.807) is 0 Å². The van der Waals surface area contributed by atoms with Gasteiger partial charge in [-0.1, -0.05) is 65.2 Å². The first kappa shape index (κ1) is 22.2. The zero-order chi connectivity index (χ0) is 13.9. The Bertz CT molecular complexity index is 274. The quantitative estimate of drug-likeness (QED) is 0.335. The maximum Gasteiger partial charge on any atom is 1.00 e. The summed E-state index contributed by atoms with van der Waals surface area (Å²) < 4.78 is 35.0. The monoisotopic (exact) mass is 304 g/mol. The van der Waals surface area contributed by atoms with Crippen molar-refractivity contribution in [2.75, 3.05) is 0 Å². The fraction of sp³-hybridized carbons (Fsp3) is 1.00. The van der Waals surface area contributed by atoms with Gasteiger partial charge in [0.1, 0.15) is 0 Å². The van der Waals surface area contributed by atoms with Gasteiger partial charge in [-0.25, -0.2) is 4.18 Å². The van der Waals surface area contributed by atoms with Gasteiger partial charge in [-0.05, 0) is 12.8 Å². The van der Waals surface area contributed by atoms with E-state index in [2.05, 4.69) is 13.8 Å². The number of hydrogen-bond acceptors (Lipinski definition) is 3. The van der Waals surface area contributed by atoms with Gasteiger partial charge >= 0.3 is 40.0 Å². The Morgan fingerprint density at radius 2 is 1.37 bits per heavy atom. The third kappa shape index (κ3) is 16.8. The summed E-state index contributed by atoms with van der Waals surface area (Å²) in [6, 6.07) is 0. The second-order valence-corrected chi connectivity index (χ2v) is 5.89. The van der Waals surface area contributed by atoms with E-state index < -0.39 is 10.4 Å². The molecule has 0 rings (SSSR count). The van der Waals surface area contributed by atoms with Gasteiger partial charge in [-0.3, -0.25) is 4.55 Å². The first-order valence-electron chi connectivity index (χ1n) is 7.15. The van der Waals surface area contributed by atoms with Gasteiger partial charge in [0.15, 0.2) is 0 Å². The van der Waals surface area contributed by atoms with Gasteiger partial charge in [0, 0.05) is 0 Å². The van der Waals surface area contributed by atoms with E-state index in [1.165, 1.54) is 0 Å². The molecular weight excluding hydrogens is 275 g/mol. The minimum Gasteiger partial charge on any atom is -1.00 e. The largest absolute Gasteiger partial charge is 1.00 e. The molecule has 0 aromatic rings. The minimum atomic E-state index is -4.31. The number of hydrogen-bond donors (Lipinski definition) is 1. The van der Waals surface area contributed by atoms with Gasteiger partial charge in [0.2, 0.25) is 0 Å². The Hall–Kier alpha value is 0.870. The molecule has 1 N–H and O–H groups in total. The van der Waals surface area contributed by atoms with E-state index in [0.29, 0.717) is 12.8 Å². The van der Waals surface area contributed by atoms with Crippen molar-refractivity contribution >= 4 is 10.4 Å². The van der Waals surface area contributed by atoms with Gasteiger partial charge in [-0.15, -0.1) is 0 Å². The third-order valence-electron chi connectivity index (χ3n) is 3.02. The van der Waals surface area contributed by atoms with Gasteiger partial charge in [0.05, 0.1) is 6.10 Å². The molecule has 0 saturated heterocycles. The minimum absolute atomic E-state index is 0. The van der Waals surface area contributed by atoms with Gasteiger partial charge < -0.3 is 1.43 Å². The van der Waals surface area contributed by atoms with Crippen LogP contribution in [-0.4, -0.2) is 19.1 Å². The van der Waals surface area contributed by atoms with Crippen molar-refractivity contribution in [3.63, 3.8) is 0 Å². The fourth-order valence-corrected chi connectivity index (χ4v) is 2.55. The van der Waals surface area contributed by atoms with E-state index in [1.807, 2.05) is 0 Å². The molecule has 0 atom stereocenters. The van der Waals surface area contributed by atoms with Gasteiger partial charge in [0.25, 0.3) is 0 Å². The summed E-state index contributed by atoms with van der Waals surface area (Å²) in [7, 11) is -4.31. The van der Waals surface area contributed by atoms with E-state index >= 15 is 0 Å². The summed E-state index contributed by atoms with van der Waals surface area (Å²) in [4.78, 5) is 0. The average molecular weight is 304 g/mol. The molecular formula is C13H29NaO4S. The van der Waals surface area contributed by atoms with Crippen LogP contribution >= 0.6 is 0 Å². The van der Waals surface area contributed by atoms with E-state index in [0.717, 1.165) is 51.4 Å². The molecule has 0 unspecified atom stereocenters. The Labute approximate surface area is 142 Å². The molecule has 0 spiro atoms. The SMILES string of the molecule is CCCCCCC(CCCCCC)OS(=O)(=O)O.[H-].[Na+]. The van der Waals surface area contributed by atoms with Crippen molar-refractivity contribution in [1.29, 1.82) is 0 Å². The summed E-state index contributed by atoms with van der Waals surface area (Å²) in [6.45, 7) is 4.27. The van der Waals surface area contributed by atoms with Crippen LogP contribution in [0.4, 0.5) is 0 Å². The van der Waals surface area contributed by atoms with Crippen LogP contribution in [0.15, 0.2) is 0 Å². The average Bonchev–Trinajstić information content (AvgIpc) is 2.28. The van der Waals surface area contributed by atoms with Crippen molar-refractivity contribution in [1.82, 2.24) is 0 Å². The molecule has 0 radical (unpaired) electrons. The third-order valence-corrected chi connectivity index (χ3v) is 3.53. The number of unbranched alkanes of at least 4 members (excludes halogenated alkanes) is 6. The van der Waals surface area contributed by atoms with Crippen LogP contribution in [0.25, 0.3) is 0 Å². The normalized spacial score (nSPS) is 11.6. The van der Waals surface area contributed by atoms with Crippen LogP contribution in [-0.2, 0) is 14.6 Å². The second kappa shape index (κ2) is 13.8. The van der Waals surface area contributed by atoms with Crippen molar-refractivity contribution in [2.24, 2.45) is 0 Å². The predicted octanol–water partition coefficient (Wildman–Crippen LogP) is 1.23. The van der Waals surface area contributed by atoms with Crippen molar-refractivity contribution in [2.45, 2.75) is 84.2 Å². The first-order valence-corrected chi connectivity index (χ1v) is 8.51. The molecule has 0 aromatic carbocycles. The Balaban J connectivity index is -0.00000144. The number of rotatable bonds is 12. The summed E-state index contributed by atoms with van der Waals surface area (Å²) in [6.07, 6.45) is 9.81. The van der Waals surface area contributed by atoms with Gasteiger partial charge in [-0.2, -0.15) is 8.42 Å². The Morgan fingerprint density at radius 3 is 1.68 bits per heavy atom. The summed E-state index contributed by atoms with van der Waals surface area (Å²) in [5.74, 6) is 0. The molecule has 0 heterocycles. The standard InChI is InChI=1S/C13H28O4S.Na.H/c1-3-5-7-9-11-13(17-18(14,15)16)12-10-8-6-4-2;;/h13H,3-12H2,1-2H3,(H,14,15,16);;/q;+1;-1. The van der Waals surface area contributed by atoms with Crippen LogP contribution in [0.1, 0.15) is 79.5 Å². The molecule has 0 aliphatic rings. The van der Waals surface area contributed by atoms with E-state index in [-0.39, 0.29) is 37.1 Å². The summed E-state index contributed by atoms with van der Waals surface area (Å²) in [5.41, 5.74) is 0. The van der Waals surface area contributed by atoms with Crippen molar-refractivity contribution < 1.29 is 48.1 Å². The topological polar surface area (TPSA) is 63.6 Å². The van der Waals surface area contributed by atoms with Crippen LogP contribution in [0.5, 0.6) is 0 Å². The van der Waals surface area contributed by atoms with Crippen molar-refractivity contribution in [3.8, 4) is 0 Å². The summed E-state index contributed by atoms with van der Waals surface area (Å²) in [5, 5.41) is 0. The van der Waals surface area contributed by atoms with E-state index in [4.69, 9.17) is 8.74 Å². The smallest absolute Gasteiger partial charge is 1.00 e. The molecule has 0 saturated carbocycles. The fourth-order valence-electron chi connectivity index (χ4n) is 2.01. The molecule has 0 bridgehead atoms. The summed E-state index contributed by atoms with van der Waals surface area (Å²) >= 11 is 0. The van der Waals surface area contributed by atoms with Crippen LogP contribution < -0.4 is 29.6 Å². The van der Waals surface area contributed by atoms with Crippen LogP contribution in [0.3, 0.4) is 0 Å².